The molecule has 0 radical (unpaired) electrons. The van der Waals surface area contributed by atoms with E-state index in [0.717, 1.165) is 65.3 Å². The maximum absolute atomic E-state index is 13.7. The number of hydrogen-bond donors (Lipinski definition) is 0. The van der Waals surface area contributed by atoms with Crippen LogP contribution < -0.4 is 30.9 Å². The van der Waals surface area contributed by atoms with Crippen LogP contribution in [0.1, 0.15) is 36.8 Å². The van der Waals surface area contributed by atoms with Crippen LogP contribution in [0.3, 0.4) is 0 Å². The lowest BCUT2D eigenvalue weighted by atomic mass is 9.82. The van der Waals surface area contributed by atoms with E-state index < -0.39 is 5.92 Å². The van der Waals surface area contributed by atoms with E-state index in [-0.39, 0.29) is 29.1 Å². The molecule has 35 heavy (non-hydrogen) atoms. The fraction of sp³-hybridized carbons (Fsp3) is 0.345. The molecule has 3 aromatic rings. The first-order valence-electron chi connectivity index (χ1n) is 12.3. The van der Waals surface area contributed by atoms with Crippen LogP contribution in [0.5, 0.6) is 17.2 Å². The molecule has 0 saturated carbocycles. The van der Waals surface area contributed by atoms with Crippen molar-refractivity contribution in [2.75, 3.05) is 26.2 Å². The molecule has 0 spiro atoms. The summed E-state index contributed by atoms with van der Waals surface area (Å²) in [7, 11) is 0. The number of benzene rings is 3. The second kappa shape index (κ2) is 9.67. The highest BCUT2D eigenvalue weighted by atomic mass is 79.9. The van der Waals surface area contributed by atoms with Crippen LogP contribution in [-0.2, 0) is 9.53 Å². The van der Waals surface area contributed by atoms with Crippen LogP contribution in [0.25, 0.3) is 0 Å². The molecule has 0 aromatic heterocycles. The molecule has 0 unspecified atom stereocenters. The van der Waals surface area contributed by atoms with Gasteiger partial charge in [0.25, 0.3) is 0 Å². The third-order valence-electron chi connectivity index (χ3n) is 7.79. The molecule has 3 fully saturated rings. The predicted octanol–water partition coefficient (Wildman–Crippen LogP) is 2.67. The number of para-hydroxylation sites is 2. The second-order valence-corrected chi connectivity index (χ2v) is 9.63. The number of quaternary nitrogens is 1. The summed E-state index contributed by atoms with van der Waals surface area (Å²) in [5, 5.41) is 0. The maximum atomic E-state index is 13.7. The number of carbonyl (C=O) groups is 1. The van der Waals surface area contributed by atoms with Crippen molar-refractivity contribution in [1.82, 2.24) is 4.48 Å². The number of fused-ring (bicyclic) bond motifs is 5. The van der Waals surface area contributed by atoms with Crippen molar-refractivity contribution < 1.29 is 36.0 Å². The van der Waals surface area contributed by atoms with Crippen LogP contribution in [0, 0.1) is 5.92 Å². The van der Waals surface area contributed by atoms with Gasteiger partial charge >= 0.3 is 5.97 Å². The lowest BCUT2D eigenvalue weighted by Crippen LogP contribution is -3.00. The van der Waals surface area contributed by atoms with E-state index in [9.17, 15) is 4.79 Å². The smallest absolute Gasteiger partial charge is 0.318 e. The van der Waals surface area contributed by atoms with Crippen molar-refractivity contribution in [3.8, 4) is 17.2 Å². The maximum Gasteiger partial charge on any atom is 0.318 e. The third kappa shape index (κ3) is 4.23. The summed E-state index contributed by atoms with van der Waals surface area (Å²) in [5.74, 6) is 2.15. The van der Waals surface area contributed by atoms with Gasteiger partial charge in [-0.2, -0.15) is 0 Å². The summed E-state index contributed by atoms with van der Waals surface area (Å²) < 4.78 is 18.9. The van der Waals surface area contributed by atoms with E-state index in [1.165, 1.54) is 5.69 Å². The Hall–Kier alpha value is -2.83. The van der Waals surface area contributed by atoms with Crippen LogP contribution in [0.4, 0.5) is 5.69 Å². The molecule has 4 heterocycles. The van der Waals surface area contributed by atoms with E-state index in [2.05, 4.69) is 24.3 Å². The zero-order valence-corrected chi connectivity index (χ0v) is 21.4. The lowest BCUT2D eigenvalue weighted by Gasteiger charge is -2.51. The number of piperidine rings is 3. The molecule has 0 aliphatic carbocycles. The lowest BCUT2D eigenvalue weighted by molar-refractivity contribution is -0.159. The Morgan fingerprint density at radius 1 is 0.914 bits per heavy atom. The molecular formula is C29H30BrNO4. The minimum absolute atomic E-state index is 0. The SMILES string of the molecule is CCOc1ccc([N+]23CCC(CC2)[C@@H](OC(=O)C2c4ccccc4Oc4ccccc42)C3)cc1.[Br-]. The Labute approximate surface area is 217 Å². The number of halogens is 1. The molecule has 3 aromatic carbocycles. The Balaban J connectivity index is 0.00000253. The molecule has 7 rings (SSSR count). The first-order chi connectivity index (χ1) is 16.7. The number of nitrogens with zero attached hydrogens (tertiary/aromatic N) is 1. The monoisotopic (exact) mass is 535 g/mol. The van der Waals surface area contributed by atoms with Crippen molar-refractivity contribution in [1.29, 1.82) is 0 Å². The van der Waals surface area contributed by atoms with Gasteiger partial charge in [0.2, 0.25) is 0 Å². The first kappa shape index (κ1) is 23.9. The fourth-order valence-electron chi connectivity index (χ4n) is 6.03. The second-order valence-electron chi connectivity index (χ2n) is 9.63. The summed E-state index contributed by atoms with van der Waals surface area (Å²) in [6.07, 6.45) is 2.07. The normalized spacial score (nSPS) is 24.4. The van der Waals surface area contributed by atoms with Gasteiger partial charge < -0.3 is 31.2 Å². The van der Waals surface area contributed by atoms with Crippen LogP contribution in [0.2, 0.25) is 0 Å². The molecule has 0 amide bonds. The fourth-order valence-corrected chi connectivity index (χ4v) is 6.03. The molecule has 3 saturated heterocycles. The van der Waals surface area contributed by atoms with E-state index in [1.807, 2.05) is 55.5 Å². The molecule has 5 nitrogen and oxygen atoms in total. The minimum Gasteiger partial charge on any atom is -1.00 e. The Morgan fingerprint density at radius 2 is 1.51 bits per heavy atom. The average Bonchev–Trinajstić information content (AvgIpc) is 2.88. The molecular weight excluding hydrogens is 506 g/mol. The number of carbonyl (C=O) groups excluding carboxylic acids is 1. The third-order valence-corrected chi connectivity index (χ3v) is 7.79. The van der Waals surface area contributed by atoms with Crippen molar-refractivity contribution in [3.05, 3.63) is 83.9 Å². The van der Waals surface area contributed by atoms with Crippen molar-refractivity contribution in [2.24, 2.45) is 5.92 Å². The highest BCUT2D eigenvalue weighted by Crippen LogP contribution is 2.46. The summed E-state index contributed by atoms with van der Waals surface area (Å²) >= 11 is 0. The standard InChI is InChI=1S/C29H30NO4.BrH/c1-2-32-22-13-11-21(12-14-22)30-17-15-20(16-18-30)27(19-30)34-29(31)28-23-7-3-5-9-25(23)33-26-10-6-4-8-24(26)28;/h3-14,20,27-28H,2,15-19H2,1H3;1H/q+1;/p-1/t20?,27-,30?;/m0./s1. The first-order valence-corrected chi connectivity index (χ1v) is 12.3. The number of ether oxygens (including phenoxy) is 3. The van der Waals surface area contributed by atoms with Gasteiger partial charge in [0, 0.05) is 42.0 Å². The Bertz CT molecular complexity index is 1160. The van der Waals surface area contributed by atoms with Crippen LogP contribution in [-0.4, -0.2) is 38.3 Å². The van der Waals surface area contributed by atoms with Gasteiger partial charge in [-0.1, -0.05) is 36.4 Å². The average molecular weight is 536 g/mol. The van der Waals surface area contributed by atoms with Crippen molar-refractivity contribution in [2.45, 2.75) is 31.8 Å². The molecule has 4 aliphatic heterocycles. The highest BCUT2D eigenvalue weighted by Gasteiger charge is 2.49. The van der Waals surface area contributed by atoms with Crippen LogP contribution in [0.15, 0.2) is 72.8 Å². The van der Waals surface area contributed by atoms with Gasteiger partial charge in [-0.15, -0.1) is 0 Å². The van der Waals surface area contributed by atoms with E-state index in [0.29, 0.717) is 12.5 Å². The number of esters is 1. The minimum atomic E-state index is -0.462. The highest BCUT2D eigenvalue weighted by molar-refractivity contribution is 5.85. The molecule has 1 atom stereocenters. The number of rotatable bonds is 5. The van der Waals surface area contributed by atoms with Crippen molar-refractivity contribution >= 4 is 11.7 Å². The zero-order chi connectivity index (χ0) is 23.1. The Morgan fingerprint density at radius 3 is 2.11 bits per heavy atom. The van der Waals surface area contributed by atoms with Gasteiger partial charge in [-0.3, -0.25) is 9.28 Å². The van der Waals surface area contributed by atoms with Gasteiger partial charge in [0.1, 0.15) is 35.4 Å². The topological polar surface area (TPSA) is 44.8 Å². The van der Waals surface area contributed by atoms with E-state index in [1.54, 1.807) is 0 Å². The Kier molecular flexibility index (Phi) is 6.60. The van der Waals surface area contributed by atoms with Gasteiger partial charge in [-0.05, 0) is 31.2 Å². The summed E-state index contributed by atoms with van der Waals surface area (Å²) in [5.41, 5.74) is 3.04. The summed E-state index contributed by atoms with van der Waals surface area (Å²) in [4.78, 5) is 13.7. The number of hydrogen-bond acceptors (Lipinski definition) is 4. The quantitative estimate of drug-likeness (QED) is 0.372. The predicted molar refractivity (Wildman–Crippen MR) is 131 cm³/mol. The molecule has 6 heteroatoms. The zero-order valence-electron chi connectivity index (χ0n) is 19.9. The van der Waals surface area contributed by atoms with Gasteiger partial charge in [0.05, 0.1) is 19.7 Å². The molecule has 2 bridgehead atoms. The van der Waals surface area contributed by atoms with E-state index in [4.69, 9.17) is 14.2 Å². The van der Waals surface area contributed by atoms with Crippen molar-refractivity contribution in [3.63, 3.8) is 0 Å². The largest absolute Gasteiger partial charge is 1.00 e. The van der Waals surface area contributed by atoms with E-state index >= 15 is 0 Å². The summed E-state index contributed by atoms with van der Waals surface area (Å²) in [6, 6.07) is 24.1. The van der Waals surface area contributed by atoms with Crippen LogP contribution >= 0.6 is 0 Å². The van der Waals surface area contributed by atoms with Gasteiger partial charge in [0.15, 0.2) is 6.10 Å². The summed E-state index contributed by atoms with van der Waals surface area (Å²) in [6.45, 7) is 5.68. The molecule has 4 aliphatic rings. The van der Waals surface area contributed by atoms with Gasteiger partial charge in [-0.25, -0.2) is 0 Å². The molecule has 182 valence electrons. The molecule has 0 N–H and O–H groups in total.